The van der Waals surface area contributed by atoms with Gasteiger partial charge in [-0.25, -0.2) is 0 Å². The van der Waals surface area contributed by atoms with Crippen LogP contribution in [0.3, 0.4) is 0 Å². The van der Waals surface area contributed by atoms with Crippen molar-refractivity contribution in [3.63, 3.8) is 0 Å². The van der Waals surface area contributed by atoms with E-state index in [4.69, 9.17) is 0 Å². The van der Waals surface area contributed by atoms with Crippen molar-refractivity contribution in [2.75, 3.05) is 28.2 Å². The first-order chi connectivity index (χ1) is 8.62. The van der Waals surface area contributed by atoms with Crippen LogP contribution < -0.4 is 0 Å². The molecule has 0 bridgehead atoms. The van der Waals surface area contributed by atoms with Crippen LogP contribution in [0.4, 0.5) is 0 Å². The fraction of sp³-hybridized carbons (Fsp3) is 1.00. The standard InChI is InChI=1S/C17H38N2/c1-10-12-13(3)19(9)15(5)17(18(6,7)8)14(4)16(19)11-2/h13-17H,10-12H2,1-9H3/q+2. The molecule has 6 atom stereocenters. The van der Waals surface area contributed by atoms with Gasteiger partial charge < -0.3 is 8.97 Å². The van der Waals surface area contributed by atoms with Gasteiger partial charge in [-0.3, -0.25) is 0 Å². The molecule has 1 fully saturated rings. The third-order valence-corrected chi connectivity index (χ3v) is 6.20. The summed E-state index contributed by atoms with van der Waals surface area (Å²) in [6.45, 7) is 12.2. The van der Waals surface area contributed by atoms with Crippen LogP contribution >= 0.6 is 0 Å². The molecule has 114 valence electrons. The Labute approximate surface area is 122 Å². The van der Waals surface area contributed by atoms with Crippen LogP contribution in [-0.4, -0.2) is 61.3 Å². The number of nitrogens with zero attached hydrogens (tertiary/aromatic N) is 2. The molecule has 0 saturated carbocycles. The Balaban J connectivity index is 3.16. The number of hydrogen-bond acceptors (Lipinski definition) is 0. The average Bonchev–Trinajstić information content (AvgIpc) is 2.47. The summed E-state index contributed by atoms with van der Waals surface area (Å²) in [6.07, 6.45) is 3.97. The van der Waals surface area contributed by atoms with Crippen molar-refractivity contribution in [3.05, 3.63) is 0 Å². The fourth-order valence-electron chi connectivity index (χ4n) is 5.35. The van der Waals surface area contributed by atoms with Gasteiger partial charge in [0.05, 0.1) is 46.2 Å². The molecule has 1 heterocycles. The van der Waals surface area contributed by atoms with Crippen LogP contribution in [0.1, 0.15) is 53.9 Å². The highest BCUT2D eigenvalue weighted by Crippen LogP contribution is 2.43. The molecular formula is C17H38N2+2. The lowest BCUT2D eigenvalue weighted by Crippen LogP contribution is -2.61. The zero-order valence-electron chi connectivity index (χ0n) is 14.9. The third-order valence-electron chi connectivity index (χ3n) is 6.20. The van der Waals surface area contributed by atoms with Crippen LogP contribution in [0.5, 0.6) is 0 Å². The lowest BCUT2D eigenvalue weighted by molar-refractivity contribution is -0.985. The van der Waals surface area contributed by atoms with Crippen LogP contribution in [0.25, 0.3) is 0 Å². The van der Waals surface area contributed by atoms with Crippen molar-refractivity contribution in [1.29, 1.82) is 0 Å². The summed E-state index contributed by atoms with van der Waals surface area (Å²) in [5, 5.41) is 0. The van der Waals surface area contributed by atoms with Crippen LogP contribution in [0, 0.1) is 5.92 Å². The highest BCUT2D eigenvalue weighted by Gasteiger charge is 2.60. The Hall–Kier alpha value is -0.0800. The van der Waals surface area contributed by atoms with E-state index in [9.17, 15) is 0 Å². The minimum atomic E-state index is 0.751. The van der Waals surface area contributed by atoms with Crippen molar-refractivity contribution < 1.29 is 8.97 Å². The maximum absolute atomic E-state index is 2.53. The van der Waals surface area contributed by atoms with E-state index >= 15 is 0 Å². The third kappa shape index (κ3) is 2.71. The molecule has 0 aromatic heterocycles. The predicted molar refractivity (Wildman–Crippen MR) is 85.1 cm³/mol. The Morgan fingerprint density at radius 1 is 1.11 bits per heavy atom. The van der Waals surface area contributed by atoms with E-state index < -0.39 is 0 Å². The second-order valence-corrected chi connectivity index (χ2v) is 8.04. The van der Waals surface area contributed by atoms with Crippen molar-refractivity contribution in [1.82, 2.24) is 0 Å². The van der Waals surface area contributed by atoms with E-state index in [1.165, 1.54) is 23.7 Å². The summed E-state index contributed by atoms with van der Waals surface area (Å²) in [5.41, 5.74) is 0. The molecule has 0 aromatic rings. The van der Waals surface area contributed by atoms with Gasteiger partial charge in [0.2, 0.25) is 0 Å². The molecule has 19 heavy (non-hydrogen) atoms. The Bertz CT molecular complexity index is 294. The maximum atomic E-state index is 2.53. The topological polar surface area (TPSA) is 0 Å². The molecule has 6 unspecified atom stereocenters. The van der Waals surface area contributed by atoms with E-state index in [0.29, 0.717) is 0 Å². The minimum absolute atomic E-state index is 0.751. The molecule has 1 rings (SSSR count). The molecule has 1 aliphatic heterocycles. The second kappa shape index (κ2) is 5.73. The zero-order chi connectivity index (χ0) is 15.0. The first kappa shape index (κ1) is 17.0. The van der Waals surface area contributed by atoms with E-state index in [-0.39, 0.29) is 0 Å². The molecule has 2 heteroatoms. The molecule has 0 aromatic carbocycles. The van der Waals surface area contributed by atoms with Crippen molar-refractivity contribution in [2.24, 2.45) is 5.92 Å². The lowest BCUT2D eigenvalue weighted by atomic mass is 9.92. The van der Waals surface area contributed by atoms with Gasteiger partial charge >= 0.3 is 0 Å². The normalized spacial score (nSPS) is 41.5. The number of likely N-dealkylation sites (tertiary alicyclic amines) is 1. The summed E-state index contributed by atoms with van der Waals surface area (Å²) in [5.74, 6) is 0.810. The van der Waals surface area contributed by atoms with Crippen LogP contribution in [0.2, 0.25) is 0 Å². The number of hydrogen-bond donors (Lipinski definition) is 0. The van der Waals surface area contributed by atoms with E-state index in [1.54, 1.807) is 0 Å². The van der Waals surface area contributed by atoms with Gasteiger partial charge in [-0.05, 0) is 26.7 Å². The molecular weight excluding hydrogens is 232 g/mol. The average molecular weight is 271 g/mol. The van der Waals surface area contributed by atoms with Crippen LogP contribution in [-0.2, 0) is 0 Å². The Kier molecular flexibility index (Phi) is 5.12. The molecule has 0 aliphatic carbocycles. The summed E-state index contributed by atoms with van der Waals surface area (Å²) in [6, 6.07) is 3.12. The number of rotatable bonds is 5. The van der Waals surface area contributed by atoms with Gasteiger partial charge in [-0.15, -0.1) is 0 Å². The minimum Gasteiger partial charge on any atom is -0.323 e. The molecule has 0 radical (unpaired) electrons. The lowest BCUT2D eigenvalue weighted by Gasteiger charge is -2.46. The van der Waals surface area contributed by atoms with E-state index in [0.717, 1.165) is 34.6 Å². The Morgan fingerprint density at radius 3 is 2.00 bits per heavy atom. The SMILES string of the molecule is CCCC(C)[N+]1(C)C(C)C([N+](C)(C)C)C(C)C1CC. The summed E-state index contributed by atoms with van der Waals surface area (Å²) < 4.78 is 2.39. The van der Waals surface area contributed by atoms with E-state index in [2.05, 4.69) is 62.8 Å². The quantitative estimate of drug-likeness (QED) is 0.671. The van der Waals surface area contributed by atoms with Gasteiger partial charge in [0.15, 0.2) is 0 Å². The van der Waals surface area contributed by atoms with Crippen molar-refractivity contribution >= 4 is 0 Å². The van der Waals surface area contributed by atoms with Crippen molar-refractivity contribution in [2.45, 2.75) is 78.0 Å². The second-order valence-electron chi connectivity index (χ2n) is 8.04. The molecule has 0 amide bonds. The van der Waals surface area contributed by atoms with Gasteiger partial charge in [0, 0.05) is 0 Å². The van der Waals surface area contributed by atoms with E-state index in [1.807, 2.05) is 0 Å². The maximum Gasteiger partial charge on any atom is 0.149 e. The molecule has 1 saturated heterocycles. The number of quaternary nitrogens is 2. The van der Waals surface area contributed by atoms with Gasteiger partial charge in [0.25, 0.3) is 0 Å². The summed E-state index contributed by atoms with van der Waals surface area (Å²) in [7, 11) is 9.67. The van der Waals surface area contributed by atoms with Gasteiger partial charge in [-0.2, -0.15) is 0 Å². The molecule has 0 spiro atoms. The van der Waals surface area contributed by atoms with Crippen LogP contribution in [0.15, 0.2) is 0 Å². The molecule has 0 N–H and O–H groups in total. The number of likely N-dealkylation sites (N-methyl/N-ethyl adjacent to an activating group) is 2. The zero-order valence-corrected chi connectivity index (χ0v) is 14.9. The van der Waals surface area contributed by atoms with Gasteiger partial charge in [0.1, 0.15) is 12.1 Å². The van der Waals surface area contributed by atoms with Gasteiger partial charge in [-0.1, -0.05) is 27.2 Å². The summed E-state index contributed by atoms with van der Waals surface area (Å²) >= 11 is 0. The first-order valence-electron chi connectivity index (χ1n) is 8.28. The largest absolute Gasteiger partial charge is 0.323 e. The smallest absolute Gasteiger partial charge is 0.149 e. The Morgan fingerprint density at radius 2 is 1.63 bits per heavy atom. The highest BCUT2D eigenvalue weighted by molar-refractivity contribution is 4.89. The molecule has 1 aliphatic rings. The fourth-order valence-corrected chi connectivity index (χ4v) is 5.35. The first-order valence-corrected chi connectivity index (χ1v) is 8.28. The monoisotopic (exact) mass is 270 g/mol. The van der Waals surface area contributed by atoms with Crippen molar-refractivity contribution in [3.8, 4) is 0 Å². The molecule has 2 nitrogen and oxygen atoms in total. The highest BCUT2D eigenvalue weighted by atomic mass is 15.5. The summed E-state index contributed by atoms with van der Waals surface area (Å²) in [4.78, 5) is 0. The predicted octanol–water partition coefficient (Wildman–Crippen LogP) is 3.51.